The number of esters is 2. The van der Waals surface area contributed by atoms with E-state index in [-0.39, 0.29) is 31.0 Å². The summed E-state index contributed by atoms with van der Waals surface area (Å²) in [4.78, 5) is 41.0. The average Bonchev–Trinajstić information content (AvgIpc) is 2.89. The summed E-state index contributed by atoms with van der Waals surface area (Å²) in [5, 5.41) is 3.19. The molecule has 2 aliphatic rings. The van der Waals surface area contributed by atoms with Gasteiger partial charge >= 0.3 is 18.0 Å². The number of hydrogen-bond acceptors (Lipinski definition) is 7. The molecule has 0 radical (unpaired) electrons. The first-order valence-corrected chi connectivity index (χ1v) is 12.9. The largest absolute Gasteiger partial charge is 0.462 e. The molecule has 8 heteroatoms. The van der Waals surface area contributed by atoms with Crippen LogP contribution in [0.15, 0.2) is 76.9 Å². The third kappa shape index (κ3) is 6.54. The molecular formula is C30H38N2O6. The highest BCUT2D eigenvalue weighted by Crippen LogP contribution is 2.44. The van der Waals surface area contributed by atoms with Gasteiger partial charge in [0, 0.05) is 29.7 Å². The number of allylic oxidation sites excluding steroid dienone is 4. The first kappa shape index (κ1) is 28.8. The topological polar surface area (TPSA) is 94.2 Å². The van der Waals surface area contributed by atoms with Crippen LogP contribution in [0.4, 0.5) is 4.79 Å². The summed E-state index contributed by atoms with van der Waals surface area (Å²) < 4.78 is 16.3. The number of carbonyl (C=O) groups excluding carboxylic acids is 3. The lowest BCUT2D eigenvalue weighted by atomic mass is 9.73. The number of nitrogens with zero attached hydrogens (tertiary/aromatic N) is 1. The lowest BCUT2D eigenvalue weighted by Gasteiger charge is -2.36. The minimum atomic E-state index is -0.821. The van der Waals surface area contributed by atoms with E-state index in [2.05, 4.69) is 5.32 Å². The second kappa shape index (κ2) is 12.6. The summed E-state index contributed by atoms with van der Waals surface area (Å²) in [5.74, 6) is -1.94. The minimum Gasteiger partial charge on any atom is -0.462 e. The van der Waals surface area contributed by atoms with E-state index in [9.17, 15) is 14.4 Å². The van der Waals surface area contributed by atoms with Gasteiger partial charge in [-0.05, 0) is 36.8 Å². The van der Waals surface area contributed by atoms with Gasteiger partial charge in [0.25, 0.3) is 0 Å². The van der Waals surface area contributed by atoms with E-state index in [1.165, 1.54) is 12.0 Å². The van der Waals surface area contributed by atoms with Crippen molar-refractivity contribution in [2.75, 3.05) is 20.3 Å². The van der Waals surface area contributed by atoms with Crippen LogP contribution < -0.4 is 5.32 Å². The first-order chi connectivity index (χ1) is 18.0. The fourth-order valence-corrected chi connectivity index (χ4v) is 4.52. The number of hydrogen-bond donors (Lipinski definition) is 1. The maximum Gasteiger partial charge on any atom is 0.417 e. The van der Waals surface area contributed by atoms with Gasteiger partial charge in [-0.15, -0.1) is 0 Å². The van der Waals surface area contributed by atoms with Crippen molar-refractivity contribution in [2.45, 2.75) is 47.5 Å². The minimum absolute atomic E-state index is 0.131. The zero-order valence-corrected chi connectivity index (χ0v) is 23.2. The van der Waals surface area contributed by atoms with Crippen LogP contribution in [0.3, 0.4) is 0 Å². The van der Waals surface area contributed by atoms with Crippen molar-refractivity contribution in [1.29, 1.82) is 0 Å². The first-order valence-electron chi connectivity index (χ1n) is 12.9. The van der Waals surface area contributed by atoms with E-state index in [0.29, 0.717) is 28.1 Å². The maximum atomic E-state index is 13.6. The Balaban J connectivity index is 2.22. The number of ether oxygens (including phenoxy) is 3. The Morgan fingerprint density at radius 2 is 1.42 bits per heavy atom. The summed E-state index contributed by atoms with van der Waals surface area (Å²) in [6, 6.07) is 9.71. The van der Waals surface area contributed by atoms with E-state index in [4.69, 9.17) is 14.2 Å². The van der Waals surface area contributed by atoms with E-state index >= 15 is 0 Å². The van der Waals surface area contributed by atoms with Crippen molar-refractivity contribution in [2.24, 2.45) is 17.8 Å². The zero-order valence-electron chi connectivity index (χ0n) is 23.2. The highest BCUT2D eigenvalue weighted by atomic mass is 16.5. The molecule has 2 aliphatic heterocycles. The normalized spacial score (nSPS) is 18.0. The molecule has 1 aromatic carbocycles. The summed E-state index contributed by atoms with van der Waals surface area (Å²) >= 11 is 0. The van der Waals surface area contributed by atoms with E-state index < -0.39 is 23.9 Å². The van der Waals surface area contributed by atoms with E-state index in [1.54, 1.807) is 26.2 Å². The second-order valence-electron chi connectivity index (χ2n) is 10.4. The van der Waals surface area contributed by atoms with Crippen LogP contribution in [0, 0.1) is 17.8 Å². The molecule has 1 unspecified atom stereocenters. The molecule has 1 N–H and O–H groups in total. The Kier molecular flexibility index (Phi) is 9.55. The highest BCUT2D eigenvalue weighted by molar-refractivity contribution is 5.99. The number of nitrogens with one attached hydrogen (secondary N) is 1. The molecule has 0 aliphatic carbocycles. The lowest BCUT2D eigenvalue weighted by molar-refractivity contribution is -0.141. The fourth-order valence-electron chi connectivity index (χ4n) is 4.52. The van der Waals surface area contributed by atoms with Gasteiger partial charge in [-0.3, -0.25) is 4.90 Å². The number of rotatable bonds is 8. The number of amides is 1. The predicted molar refractivity (Wildman–Crippen MR) is 144 cm³/mol. The Labute approximate surface area is 225 Å². The third-order valence-corrected chi connectivity index (χ3v) is 6.26. The van der Waals surface area contributed by atoms with Gasteiger partial charge in [-0.25, -0.2) is 14.4 Å². The molecule has 1 aromatic rings. The number of benzene rings is 1. The molecule has 1 atom stereocenters. The van der Waals surface area contributed by atoms with Crippen LogP contribution in [0.2, 0.25) is 0 Å². The lowest BCUT2D eigenvalue weighted by Crippen LogP contribution is -2.37. The molecule has 0 saturated heterocycles. The van der Waals surface area contributed by atoms with Crippen LogP contribution in [-0.2, 0) is 23.8 Å². The van der Waals surface area contributed by atoms with Gasteiger partial charge in [0.1, 0.15) is 0 Å². The third-order valence-electron chi connectivity index (χ3n) is 6.26. The molecular weight excluding hydrogens is 484 g/mol. The summed E-state index contributed by atoms with van der Waals surface area (Å²) in [7, 11) is 1.30. The second-order valence-corrected chi connectivity index (χ2v) is 10.4. The number of carbonyl (C=O) groups is 3. The summed E-state index contributed by atoms with van der Waals surface area (Å²) in [5.41, 5.74) is 3.36. The maximum absolute atomic E-state index is 13.6. The van der Waals surface area contributed by atoms with Gasteiger partial charge in [0.05, 0.1) is 37.4 Å². The van der Waals surface area contributed by atoms with Crippen molar-refractivity contribution in [1.82, 2.24) is 10.2 Å². The molecule has 2 heterocycles. The molecule has 0 aromatic heterocycles. The van der Waals surface area contributed by atoms with Gasteiger partial charge < -0.3 is 19.5 Å². The monoisotopic (exact) mass is 522 g/mol. The van der Waals surface area contributed by atoms with Crippen molar-refractivity contribution < 1.29 is 28.6 Å². The van der Waals surface area contributed by atoms with Crippen molar-refractivity contribution in [3.05, 3.63) is 82.5 Å². The Hall–Kier alpha value is -3.81. The molecule has 0 bridgehead atoms. The van der Waals surface area contributed by atoms with Crippen LogP contribution in [0.1, 0.15) is 53.0 Å². The molecule has 1 amide bonds. The Morgan fingerprint density at radius 1 is 0.895 bits per heavy atom. The van der Waals surface area contributed by atoms with Crippen molar-refractivity contribution in [3.63, 3.8) is 0 Å². The van der Waals surface area contributed by atoms with Crippen LogP contribution in [0.5, 0.6) is 0 Å². The van der Waals surface area contributed by atoms with Gasteiger partial charge in [0.15, 0.2) is 0 Å². The highest BCUT2D eigenvalue weighted by Gasteiger charge is 2.42. The quantitative estimate of drug-likeness (QED) is 0.360. The van der Waals surface area contributed by atoms with Crippen molar-refractivity contribution >= 4 is 18.0 Å². The average molecular weight is 523 g/mol. The smallest absolute Gasteiger partial charge is 0.417 e. The summed E-state index contributed by atoms with van der Waals surface area (Å²) in [6.45, 7) is 11.9. The van der Waals surface area contributed by atoms with E-state index in [1.807, 2.05) is 64.1 Å². The van der Waals surface area contributed by atoms with Crippen LogP contribution in [-0.4, -0.2) is 43.3 Å². The predicted octanol–water partition coefficient (Wildman–Crippen LogP) is 5.42. The zero-order chi connectivity index (χ0) is 28.0. The van der Waals surface area contributed by atoms with Crippen LogP contribution >= 0.6 is 0 Å². The molecule has 0 spiro atoms. The number of dihydropyridines is 1. The Bertz CT molecular complexity index is 1130. The van der Waals surface area contributed by atoms with Crippen LogP contribution in [0.25, 0.3) is 0 Å². The molecule has 0 saturated carbocycles. The molecule has 204 valence electrons. The SMILES string of the molecule is COC(=O)N1C=CC(c2ccccc2)C(C2C(C(=O)OCC(C)C)=C(C)NC(C)=C2C(=O)OCC(C)C)=C1. The molecule has 38 heavy (non-hydrogen) atoms. The number of methoxy groups -OCH3 is 1. The van der Waals surface area contributed by atoms with Gasteiger partial charge in [-0.2, -0.15) is 0 Å². The molecule has 0 fully saturated rings. The van der Waals surface area contributed by atoms with Gasteiger partial charge in [0.2, 0.25) is 0 Å². The fraction of sp³-hybridized carbons (Fsp3) is 0.433. The van der Waals surface area contributed by atoms with Gasteiger partial charge in [-0.1, -0.05) is 64.1 Å². The summed E-state index contributed by atoms with van der Waals surface area (Å²) in [6.07, 6.45) is 4.55. The standard InChI is InChI=1S/C30H38N2O6/c1-18(2)16-37-28(33)25-20(5)31-21(6)26(29(34)38-17-19(3)4)27(25)24-15-32(30(35)36-7)14-13-23(24)22-11-9-8-10-12-22/h8-15,18-19,23,27,31H,16-17H2,1-7H3. The Morgan fingerprint density at radius 3 is 1.89 bits per heavy atom. The molecule has 8 nitrogen and oxygen atoms in total. The van der Waals surface area contributed by atoms with E-state index in [0.717, 1.165) is 5.56 Å². The molecule has 3 rings (SSSR count). The van der Waals surface area contributed by atoms with Crippen molar-refractivity contribution in [3.8, 4) is 0 Å².